The Kier molecular flexibility index (Phi) is 5.00. The molecule has 3 aromatic rings. The lowest BCUT2D eigenvalue weighted by Crippen LogP contribution is -2.11. The normalized spacial score (nSPS) is 10.8. The number of nitrogens with zero attached hydrogens (tertiary/aromatic N) is 3. The van der Waals surface area contributed by atoms with Gasteiger partial charge in [-0.05, 0) is 48.0 Å². The fourth-order valence-corrected chi connectivity index (χ4v) is 2.77. The summed E-state index contributed by atoms with van der Waals surface area (Å²) in [7, 11) is 0. The number of carbonyl (C=O) groups excluding carboxylic acids is 1. The van der Waals surface area contributed by atoms with E-state index in [-0.39, 0.29) is 17.1 Å². The van der Waals surface area contributed by atoms with Gasteiger partial charge in [-0.2, -0.15) is 5.10 Å². The third-order valence-corrected chi connectivity index (χ3v) is 5.07. The fourth-order valence-electron chi connectivity index (χ4n) is 2.48. The molecule has 0 fully saturated rings. The molecule has 0 bridgehead atoms. The number of amides is 1. The highest BCUT2D eigenvalue weighted by Gasteiger charge is 2.17. The number of anilines is 1. The van der Waals surface area contributed by atoms with E-state index in [0.717, 1.165) is 21.9 Å². The van der Waals surface area contributed by atoms with E-state index in [1.807, 2.05) is 13.8 Å². The van der Waals surface area contributed by atoms with Gasteiger partial charge in [-0.3, -0.25) is 19.6 Å². The molecule has 10 heteroatoms. The Labute approximate surface area is 161 Å². The SMILES string of the molecule is Cc1nn(Cc2ccc(C(=O)Nc3ccc([N+](=O)[O-])cc3O)o2)c(C)c1Br. The molecule has 0 atom stereocenters. The second kappa shape index (κ2) is 7.23. The number of phenolic OH excluding ortho intramolecular Hbond substituents is 1. The zero-order chi connectivity index (χ0) is 19.7. The standard InChI is InChI=1S/C17H15BrN4O5/c1-9-16(18)10(2)21(20-9)8-12-4-6-15(27-12)17(24)19-13-5-3-11(22(25)26)7-14(13)23/h3-7,23H,8H2,1-2H3,(H,19,24). The van der Waals surface area contributed by atoms with E-state index >= 15 is 0 Å². The van der Waals surface area contributed by atoms with Crippen molar-refractivity contribution < 1.29 is 19.2 Å². The first-order valence-corrected chi connectivity index (χ1v) is 8.62. The van der Waals surface area contributed by atoms with Crippen molar-refractivity contribution in [2.75, 3.05) is 5.32 Å². The van der Waals surface area contributed by atoms with Crippen molar-refractivity contribution in [2.45, 2.75) is 20.4 Å². The summed E-state index contributed by atoms with van der Waals surface area (Å²) in [6.45, 7) is 4.15. The smallest absolute Gasteiger partial charge is 0.291 e. The van der Waals surface area contributed by atoms with Crippen molar-refractivity contribution in [3.63, 3.8) is 0 Å². The lowest BCUT2D eigenvalue weighted by atomic mass is 10.2. The summed E-state index contributed by atoms with van der Waals surface area (Å²) in [6, 6.07) is 6.57. The quantitative estimate of drug-likeness (QED) is 0.357. The second-order valence-corrected chi connectivity index (χ2v) is 6.61. The molecule has 1 aromatic carbocycles. The maximum Gasteiger partial charge on any atom is 0.291 e. The van der Waals surface area contributed by atoms with Crippen molar-refractivity contribution >= 4 is 33.2 Å². The Morgan fingerprint density at radius 1 is 1.37 bits per heavy atom. The van der Waals surface area contributed by atoms with Crippen LogP contribution in [0.3, 0.4) is 0 Å². The van der Waals surface area contributed by atoms with Gasteiger partial charge in [0, 0.05) is 6.07 Å². The zero-order valence-corrected chi connectivity index (χ0v) is 16.0. The first-order chi connectivity index (χ1) is 12.8. The van der Waals surface area contributed by atoms with Crippen LogP contribution in [0.2, 0.25) is 0 Å². The van der Waals surface area contributed by atoms with Crippen LogP contribution >= 0.6 is 15.9 Å². The summed E-state index contributed by atoms with van der Waals surface area (Å²) in [5.41, 5.74) is 1.56. The van der Waals surface area contributed by atoms with Gasteiger partial charge in [-0.15, -0.1) is 0 Å². The number of aryl methyl sites for hydroxylation is 1. The van der Waals surface area contributed by atoms with Crippen molar-refractivity contribution in [1.82, 2.24) is 9.78 Å². The number of halogens is 1. The summed E-state index contributed by atoms with van der Waals surface area (Å²) < 4.78 is 8.22. The van der Waals surface area contributed by atoms with E-state index in [4.69, 9.17) is 4.42 Å². The van der Waals surface area contributed by atoms with Crippen molar-refractivity contribution in [3.8, 4) is 5.75 Å². The monoisotopic (exact) mass is 434 g/mol. The van der Waals surface area contributed by atoms with Crippen molar-refractivity contribution in [3.05, 3.63) is 67.8 Å². The molecule has 2 aromatic heterocycles. The number of carbonyl (C=O) groups is 1. The molecule has 140 valence electrons. The number of benzene rings is 1. The van der Waals surface area contributed by atoms with Gasteiger partial charge >= 0.3 is 0 Å². The number of hydrogen-bond donors (Lipinski definition) is 2. The van der Waals surface area contributed by atoms with Gasteiger partial charge in [0.1, 0.15) is 11.5 Å². The minimum absolute atomic E-state index is 0.0448. The van der Waals surface area contributed by atoms with E-state index in [2.05, 4.69) is 26.3 Å². The van der Waals surface area contributed by atoms with Crippen LogP contribution in [0.1, 0.15) is 27.7 Å². The Hall–Kier alpha value is -3.14. The van der Waals surface area contributed by atoms with Crippen LogP contribution in [0.4, 0.5) is 11.4 Å². The predicted molar refractivity (Wildman–Crippen MR) is 99.9 cm³/mol. The molecule has 1 amide bonds. The number of nitrogens with one attached hydrogen (secondary N) is 1. The van der Waals surface area contributed by atoms with E-state index < -0.39 is 16.6 Å². The van der Waals surface area contributed by atoms with Gasteiger partial charge in [0.2, 0.25) is 0 Å². The van der Waals surface area contributed by atoms with Crippen LogP contribution in [-0.2, 0) is 6.54 Å². The average Bonchev–Trinajstić information content (AvgIpc) is 3.18. The zero-order valence-electron chi connectivity index (χ0n) is 14.4. The molecular formula is C17H15BrN4O5. The minimum Gasteiger partial charge on any atom is -0.506 e. The number of hydrogen-bond acceptors (Lipinski definition) is 6. The molecule has 0 unspecified atom stereocenters. The Morgan fingerprint density at radius 2 is 2.11 bits per heavy atom. The van der Waals surface area contributed by atoms with Crippen LogP contribution in [0.25, 0.3) is 0 Å². The average molecular weight is 435 g/mol. The van der Waals surface area contributed by atoms with Gasteiger partial charge in [0.25, 0.3) is 11.6 Å². The molecule has 2 N–H and O–H groups in total. The largest absolute Gasteiger partial charge is 0.506 e. The Bertz CT molecular complexity index is 1040. The van der Waals surface area contributed by atoms with Gasteiger partial charge in [-0.1, -0.05) is 0 Å². The van der Waals surface area contributed by atoms with E-state index in [1.165, 1.54) is 18.2 Å². The number of aromatic hydroxyl groups is 1. The molecule has 0 aliphatic carbocycles. The number of nitro groups is 1. The number of furan rings is 1. The van der Waals surface area contributed by atoms with E-state index in [1.54, 1.807) is 10.7 Å². The molecule has 9 nitrogen and oxygen atoms in total. The molecular weight excluding hydrogens is 420 g/mol. The molecule has 0 saturated carbocycles. The third kappa shape index (κ3) is 3.85. The molecule has 27 heavy (non-hydrogen) atoms. The summed E-state index contributed by atoms with van der Waals surface area (Å²) in [5, 5.41) is 27.4. The first-order valence-electron chi connectivity index (χ1n) is 7.83. The number of rotatable bonds is 5. The maximum atomic E-state index is 12.3. The summed E-state index contributed by atoms with van der Waals surface area (Å²) in [4.78, 5) is 22.3. The molecule has 0 saturated heterocycles. The topological polar surface area (TPSA) is 123 Å². The Morgan fingerprint density at radius 3 is 2.70 bits per heavy atom. The van der Waals surface area contributed by atoms with Gasteiger partial charge in [-0.25, -0.2) is 0 Å². The van der Waals surface area contributed by atoms with Crippen LogP contribution in [0.5, 0.6) is 5.75 Å². The number of aromatic nitrogens is 2. The van der Waals surface area contributed by atoms with E-state index in [9.17, 15) is 20.0 Å². The minimum atomic E-state index is -0.637. The highest BCUT2D eigenvalue weighted by molar-refractivity contribution is 9.10. The summed E-state index contributed by atoms with van der Waals surface area (Å²) >= 11 is 3.46. The van der Waals surface area contributed by atoms with Crippen molar-refractivity contribution in [2.24, 2.45) is 0 Å². The van der Waals surface area contributed by atoms with Crippen LogP contribution in [0, 0.1) is 24.0 Å². The molecule has 0 aliphatic rings. The lowest BCUT2D eigenvalue weighted by molar-refractivity contribution is -0.384. The van der Waals surface area contributed by atoms with Crippen LogP contribution in [0.15, 0.2) is 39.2 Å². The first kappa shape index (κ1) is 18.6. The van der Waals surface area contributed by atoms with Crippen LogP contribution in [-0.4, -0.2) is 25.7 Å². The number of nitro benzene ring substituents is 1. The Balaban J connectivity index is 1.73. The molecule has 0 aliphatic heterocycles. The molecule has 0 spiro atoms. The highest BCUT2D eigenvalue weighted by Crippen LogP contribution is 2.28. The third-order valence-electron chi connectivity index (χ3n) is 3.92. The number of non-ortho nitro benzene ring substituents is 1. The highest BCUT2D eigenvalue weighted by atomic mass is 79.9. The predicted octanol–water partition coefficient (Wildman–Crippen LogP) is 3.77. The molecule has 0 radical (unpaired) electrons. The van der Waals surface area contributed by atoms with E-state index in [0.29, 0.717) is 12.3 Å². The van der Waals surface area contributed by atoms with Crippen molar-refractivity contribution in [1.29, 1.82) is 0 Å². The van der Waals surface area contributed by atoms with Gasteiger partial charge in [0.15, 0.2) is 5.76 Å². The lowest BCUT2D eigenvalue weighted by Gasteiger charge is -2.05. The summed E-state index contributed by atoms with van der Waals surface area (Å²) in [6.07, 6.45) is 0. The fraction of sp³-hybridized carbons (Fsp3) is 0.176. The summed E-state index contributed by atoms with van der Waals surface area (Å²) in [5.74, 6) is -0.411. The number of phenols is 1. The molecule has 2 heterocycles. The van der Waals surface area contributed by atoms with Crippen LogP contribution < -0.4 is 5.32 Å². The van der Waals surface area contributed by atoms with Gasteiger partial charge < -0.3 is 14.8 Å². The maximum absolute atomic E-state index is 12.3. The molecule has 3 rings (SSSR count). The second-order valence-electron chi connectivity index (χ2n) is 5.82. The van der Waals surface area contributed by atoms with Gasteiger partial charge in [0.05, 0.1) is 39.1 Å².